The van der Waals surface area contributed by atoms with Crippen LogP contribution in [0.1, 0.15) is 10.4 Å². The molecule has 118 valence electrons. The van der Waals surface area contributed by atoms with Crippen LogP contribution >= 0.6 is 23.2 Å². The van der Waals surface area contributed by atoms with Crippen molar-refractivity contribution in [1.29, 1.82) is 0 Å². The molecule has 1 aromatic carbocycles. The second-order valence-electron chi connectivity index (χ2n) is 4.78. The summed E-state index contributed by atoms with van der Waals surface area (Å²) in [5, 5.41) is 3.95. The van der Waals surface area contributed by atoms with E-state index in [0.29, 0.717) is 34.8 Å². The number of hydrogen-bond donors (Lipinski definition) is 1. The number of guanidine groups is 1. The Hall–Kier alpha value is -2.18. The van der Waals surface area contributed by atoms with Gasteiger partial charge in [0.15, 0.2) is 0 Å². The minimum absolute atomic E-state index is 0.282. The fourth-order valence-corrected chi connectivity index (χ4v) is 2.58. The van der Waals surface area contributed by atoms with Crippen molar-refractivity contribution in [2.24, 2.45) is 4.99 Å². The van der Waals surface area contributed by atoms with Gasteiger partial charge in [-0.25, -0.2) is 4.98 Å². The van der Waals surface area contributed by atoms with Gasteiger partial charge in [0, 0.05) is 17.8 Å². The SMILES string of the molecule is O=C(c1ccc(F)nc1)N1CCN=C1Nc1ccc(Cl)cc1Cl. The number of benzene rings is 1. The summed E-state index contributed by atoms with van der Waals surface area (Å²) in [4.78, 5) is 21.7. The first kappa shape index (κ1) is 15.7. The number of carbonyl (C=O) groups is 1. The topological polar surface area (TPSA) is 57.6 Å². The van der Waals surface area contributed by atoms with E-state index in [1.807, 2.05) is 0 Å². The van der Waals surface area contributed by atoms with Gasteiger partial charge in [0.2, 0.25) is 11.9 Å². The van der Waals surface area contributed by atoms with Crippen LogP contribution in [0, 0.1) is 5.95 Å². The Labute approximate surface area is 141 Å². The molecule has 0 bridgehead atoms. The lowest BCUT2D eigenvalue weighted by Gasteiger charge is -2.19. The van der Waals surface area contributed by atoms with Gasteiger partial charge in [0.25, 0.3) is 5.91 Å². The molecular weight excluding hydrogens is 342 g/mol. The molecule has 3 rings (SSSR count). The largest absolute Gasteiger partial charge is 0.324 e. The van der Waals surface area contributed by atoms with Gasteiger partial charge in [-0.3, -0.25) is 14.7 Å². The van der Waals surface area contributed by atoms with E-state index < -0.39 is 5.95 Å². The predicted molar refractivity (Wildman–Crippen MR) is 87.6 cm³/mol. The van der Waals surface area contributed by atoms with Gasteiger partial charge in [-0.15, -0.1) is 0 Å². The van der Waals surface area contributed by atoms with Crippen molar-refractivity contribution in [2.45, 2.75) is 0 Å². The standard InChI is InChI=1S/C15H11Cl2FN4O/c16-10-2-3-12(11(17)7-10)21-15-19-5-6-22(15)14(23)9-1-4-13(18)20-8-9/h1-4,7-8H,5-6H2,(H,19,21). The normalized spacial score (nSPS) is 13.9. The molecule has 0 unspecified atom stereocenters. The van der Waals surface area contributed by atoms with E-state index in [-0.39, 0.29) is 11.5 Å². The van der Waals surface area contributed by atoms with Crippen LogP contribution in [0.25, 0.3) is 0 Å². The van der Waals surface area contributed by atoms with E-state index >= 15 is 0 Å². The van der Waals surface area contributed by atoms with Crippen molar-refractivity contribution in [3.05, 3.63) is 58.1 Å². The highest BCUT2D eigenvalue weighted by atomic mass is 35.5. The predicted octanol–water partition coefficient (Wildman–Crippen LogP) is 3.45. The number of anilines is 1. The van der Waals surface area contributed by atoms with E-state index in [4.69, 9.17) is 23.2 Å². The highest BCUT2D eigenvalue weighted by Crippen LogP contribution is 2.26. The molecule has 1 amide bonds. The number of amides is 1. The molecule has 2 aromatic rings. The Morgan fingerprint density at radius 2 is 2.09 bits per heavy atom. The second-order valence-corrected chi connectivity index (χ2v) is 5.62. The van der Waals surface area contributed by atoms with Crippen molar-refractivity contribution in [2.75, 3.05) is 18.4 Å². The Morgan fingerprint density at radius 1 is 1.26 bits per heavy atom. The van der Waals surface area contributed by atoms with Crippen LogP contribution in [0.4, 0.5) is 10.1 Å². The molecule has 0 saturated carbocycles. The number of aliphatic imine (C=N–C) groups is 1. The maximum atomic E-state index is 12.9. The lowest BCUT2D eigenvalue weighted by Crippen LogP contribution is -2.38. The molecular formula is C15H11Cl2FN4O. The van der Waals surface area contributed by atoms with E-state index in [2.05, 4.69) is 15.3 Å². The first-order valence-corrected chi connectivity index (χ1v) is 7.50. The van der Waals surface area contributed by atoms with Crippen molar-refractivity contribution in [3.8, 4) is 0 Å². The van der Waals surface area contributed by atoms with Gasteiger partial charge in [-0.2, -0.15) is 4.39 Å². The van der Waals surface area contributed by atoms with Crippen molar-refractivity contribution < 1.29 is 9.18 Å². The summed E-state index contributed by atoms with van der Waals surface area (Å²) in [5.41, 5.74) is 0.872. The van der Waals surface area contributed by atoms with Crippen molar-refractivity contribution in [3.63, 3.8) is 0 Å². The minimum atomic E-state index is -0.636. The highest BCUT2D eigenvalue weighted by molar-refractivity contribution is 6.36. The molecule has 0 saturated heterocycles. The lowest BCUT2D eigenvalue weighted by molar-refractivity contribution is 0.0857. The summed E-state index contributed by atoms with van der Waals surface area (Å²) in [5.74, 6) is -0.571. The molecule has 23 heavy (non-hydrogen) atoms. The van der Waals surface area contributed by atoms with Crippen LogP contribution in [0.15, 0.2) is 41.5 Å². The summed E-state index contributed by atoms with van der Waals surface area (Å²) >= 11 is 12.0. The molecule has 0 fully saturated rings. The number of carbonyl (C=O) groups excluding carboxylic acids is 1. The molecule has 1 aliphatic rings. The molecule has 1 aliphatic heterocycles. The molecule has 2 heterocycles. The summed E-state index contributed by atoms with van der Waals surface area (Å²) in [6, 6.07) is 7.51. The molecule has 0 aliphatic carbocycles. The first-order chi connectivity index (χ1) is 11.0. The van der Waals surface area contributed by atoms with E-state index in [9.17, 15) is 9.18 Å². The van der Waals surface area contributed by atoms with Gasteiger partial charge >= 0.3 is 0 Å². The van der Waals surface area contributed by atoms with Crippen LogP contribution in [0.3, 0.4) is 0 Å². The number of halogens is 3. The zero-order valence-corrected chi connectivity index (χ0v) is 13.3. The minimum Gasteiger partial charge on any atom is -0.324 e. The second kappa shape index (κ2) is 6.52. The molecule has 1 N–H and O–H groups in total. The third-order valence-electron chi connectivity index (χ3n) is 3.24. The van der Waals surface area contributed by atoms with Crippen LogP contribution in [0.5, 0.6) is 0 Å². The first-order valence-electron chi connectivity index (χ1n) is 6.74. The highest BCUT2D eigenvalue weighted by Gasteiger charge is 2.25. The molecule has 0 radical (unpaired) electrons. The molecule has 0 atom stereocenters. The summed E-state index contributed by atoms with van der Waals surface area (Å²) in [7, 11) is 0. The number of rotatable bonds is 2. The van der Waals surface area contributed by atoms with Crippen molar-refractivity contribution in [1.82, 2.24) is 9.88 Å². The number of nitrogens with zero attached hydrogens (tertiary/aromatic N) is 3. The third-order valence-corrected chi connectivity index (χ3v) is 3.79. The van der Waals surface area contributed by atoms with E-state index in [0.717, 1.165) is 6.07 Å². The average molecular weight is 353 g/mol. The maximum Gasteiger partial charge on any atom is 0.262 e. The van der Waals surface area contributed by atoms with Crippen LogP contribution < -0.4 is 5.32 Å². The Bertz CT molecular complexity index is 780. The Kier molecular flexibility index (Phi) is 4.45. The lowest BCUT2D eigenvalue weighted by atomic mass is 10.2. The summed E-state index contributed by atoms with van der Waals surface area (Å²) in [6.45, 7) is 0.887. The number of aromatic nitrogens is 1. The van der Waals surface area contributed by atoms with Gasteiger partial charge in [-0.05, 0) is 30.3 Å². The van der Waals surface area contributed by atoms with Gasteiger partial charge < -0.3 is 5.32 Å². The van der Waals surface area contributed by atoms with E-state index in [1.165, 1.54) is 17.2 Å². The number of nitrogens with one attached hydrogen (secondary N) is 1. The molecule has 8 heteroatoms. The van der Waals surface area contributed by atoms with Gasteiger partial charge in [0.1, 0.15) is 0 Å². The zero-order valence-electron chi connectivity index (χ0n) is 11.8. The van der Waals surface area contributed by atoms with Crippen LogP contribution in [0.2, 0.25) is 10.0 Å². The van der Waals surface area contributed by atoms with Crippen LogP contribution in [-0.2, 0) is 0 Å². The van der Waals surface area contributed by atoms with Gasteiger partial charge in [-0.1, -0.05) is 23.2 Å². The average Bonchev–Trinajstić information content (AvgIpc) is 2.98. The monoisotopic (exact) mass is 352 g/mol. The molecule has 5 nitrogen and oxygen atoms in total. The fraction of sp³-hybridized carbons (Fsp3) is 0.133. The van der Waals surface area contributed by atoms with Gasteiger partial charge in [0.05, 0.1) is 22.8 Å². The van der Waals surface area contributed by atoms with Crippen LogP contribution in [-0.4, -0.2) is 34.8 Å². The number of hydrogen-bond acceptors (Lipinski definition) is 4. The van der Waals surface area contributed by atoms with E-state index in [1.54, 1.807) is 18.2 Å². The van der Waals surface area contributed by atoms with Crippen molar-refractivity contribution >= 4 is 40.8 Å². The molecule has 1 aromatic heterocycles. The Morgan fingerprint density at radius 3 is 2.78 bits per heavy atom. The fourth-order valence-electron chi connectivity index (χ4n) is 2.12. The zero-order chi connectivity index (χ0) is 16.4. The summed E-state index contributed by atoms with van der Waals surface area (Å²) < 4.78 is 12.9. The molecule has 0 spiro atoms. The smallest absolute Gasteiger partial charge is 0.262 e. The third kappa shape index (κ3) is 3.43. The Balaban J connectivity index is 1.80. The number of pyridine rings is 1. The maximum absolute atomic E-state index is 12.9. The quantitative estimate of drug-likeness (QED) is 0.842. The summed E-state index contributed by atoms with van der Waals surface area (Å²) in [6.07, 6.45) is 1.20.